The molecule has 0 radical (unpaired) electrons. The SMILES string of the molecule is Cc1cccc(C)c1OCc1nnc(SCC(=O)c2ccccc2)n1-c1ccccc1. The second-order valence-electron chi connectivity index (χ2n) is 7.16. The van der Waals surface area contributed by atoms with Crippen LogP contribution in [0.15, 0.2) is 84.0 Å². The van der Waals surface area contributed by atoms with Crippen LogP contribution in [0.2, 0.25) is 0 Å². The molecule has 0 spiro atoms. The number of benzene rings is 3. The maximum atomic E-state index is 12.6. The van der Waals surface area contributed by atoms with Crippen molar-refractivity contribution in [3.63, 3.8) is 0 Å². The Morgan fingerprint density at radius 2 is 1.52 bits per heavy atom. The average Bonchev–Trinajstić information content (AvgIpc) is 3.21. The first kappa shape index (κ1) is 20.9. The molecule has 0 atom stereocenters. The van der Waals surface area contributed by atoms with Crippen molar-refractivity contribution < 1.29 is 9.53 Å². The number of aryl methyl sites for hydroxylation is 2. The molecule has 6 heteroatoms. The van der Waals surface area contributed by atoms with Gasteiger partial charge in [-0.05, 0) is 37.1 Å². The molecule has 1 aromatic heterocycles. The van der Waals surface area contributed by atoms with Crippen LogP contribution in [0.25, 0.3) is 5.69 Å². The van der Waals surface area contributed by atoms with Gasteiger partial charge in [-0.2, -0.15) is 0 Å². The summed E-state index contributed by atoms with van der Waals surface area (Å²) in [5.74, 6) is 1.89. The normalized spacial score (nSPS) is 10.8. The third-order valence-electron chi connectivity index (χ3n) is 4.90. The van der Waals surface area contributed by atoms with Crippen LogP contribution in [-0.2, 0) is 6.61 Å². The number of nitrogens with zero attached hydrogens (tertiary/aromatic N) is 3. The van der Waals surface area contributed by atoms with Gasteiger partial charge in [-0.25, -0.2) is 0 Å². The lowest BCUT2D eigenvalue weighted by Gasteiger charge is -2.13. The van der Waals surface area contributed by atoms with E-state index >= 15 is 0 Å². The van der Waals surface area contributed by atoms with Crippen LogP contribution < -0.4 is 4.74 Å². The second-order valence-corrected chi connectivity index (χ2v) is 8.10. The number of para-hydroxylation sites is 2. The van der Waals surface area contributed by atoms with E-state index in [1.165, 1.54) is 11.8 Å². The van der Waals surface area contributed by atoms with E-state index < -0.39 is 0 Å². The molecule has 0 bridgehead atoms. The van der Waals surface area contributed by atoms with E-state index in [1.54, 1.807) is 0 Å². The Balaban J connectivity index is 1.58. The van der Waals surface area contributed by atoms with Crippen molar-refractivity contribution in [2.24, 2.45) is 0 Å². The highest BCUT2D eigenvalue weighted by Gasteiger charge is 2.17. The Kier molecular flexibility index (Phi) is 6.48. The Hall–Kier alpha value is -3.38. The molecule has 156 valence electrons. The Labute approximate surface area is 186 Å². The molecule has 0 aliphatic heterocycles. The zero-order valence-corrected chi connectivity index (χ0v) is 18.3. The van der Waals surface area contributed by atoms with Gasteiger partial charge in [-0.1, -0.05) is 78.5 Å². The first-order valence-electron chi connectivity index (χ1n) is 10.0. The minimum atomic E-state index is 0.0570. The molecule has 0 aliphatic rings. The number of ketones is 1. The van der Waals surface area contributed by atoms with Crippen LogP contribution in [-0.4, -0.2) is 26.3 Å². The number of aromatic nitrogens is 3. The Morgan fingerprint density at radius 1 is 0.871 bits per heavy atom. The molecule has 0 fully saturated rings. The Morgan fingerprint density at radius 3 is 2.19 bits per heavy atom. The summed E-state index contributed by atoms with van der Waals surface area (Å²) >= 11 is 1.38. The fraction of sp³-hybridized carbons (Fsp3) is 0.160. The van der Waals surface area contributed by atoms with Crippen LogP contribution in [0, 0.1) is 13.8 Å². The van der Waals surface area contributed by atoms with Gasteiger partial charge in [0.25, 0.3) is 0 Å². The summed E-state index contributed by atoms with van der Waals surface area (Å²) in [5.41, 5.74) is 3.78. The van der Waals surface area contributed by atoms with Gasteiger partial charge in [0.15, 0.2) is 16.8 Å². The fourth-order valence-corrected chi connectivity index (χ4v) is 4.19. The molecule has 3 aromatic carbocycles. The molecule has 0 N–H and O–H groups in total. The summed E-state index contributed by atoms with van der Waals surface area (Å²) < 4.78 is 8.08. The average molecular weight is 430 g/mol. The Bertz CT molecular complexity index is 1150. The smallest absolute Gasteiger partial charge is 0.196 e. The summed E-state index contributed by atoms with van der Waals surface area (Å²) in [6.07, 6.45) is 0. The van der Waals surface area contributed by atoms with Crippen molar-refractivity contribution in [3.8, 4) is 11.4 Å². The molecule has 0 saturated carbocycles. The van der Waals surface area contributed by atoms with E-state index in [4.69, 9.17) is 4.74 Å². The van der Waals surface area contributed by atoms with Crippen LogP contribution in [0.1, 0.15) is 27.3 Å². The maximum Gasteiger partial charge on any atom is 0.196 e. The van der Waals surface area contributed by atoms with Crippen molar-refractivity contribution in [2.45, 2.75) is 25.6 Å². The number of Topliss-reactive ketones (excluding diaryl/α,β-unsaturated/α-hetero) is 1. The largest absolute Gasteiger partial charge is 0.485 e. The van der Waals surface area contributed by atoms with E-state index in [0.717, 1.165) is 22.6 Å². The molecule has 5 nitrogen and oxygen atoms in total. The van der Waals surface area contributed by atoms with E-state index in [9.17, 15) is 4.79 Å². The fourth-order valence-electron chi connectivity index (χ4n) is 3.32. The molecule has 0 aliphatic carbocycles. The summed E-state index contributed by atoms with van der Waals surface area (Å²) in [6, 6.07) is 25.3. The molecular formula is C25H23N3O2S. The predicted molar refractivity (Wildman–Crippen MR) is 123 cm³/mol. The number of hydrogen-bond acceptors (Lipinski definition) is 5. The standard InChI is InChI=1S/C25H23N3O2S/c1-18-10-9-11-19(2)24(18)30-16-23-26-27-25(28(23)21-14-7-4-8-15-21)31-17-22(29)20-12-5-3-6-13-20/h3-15H,16-17H2,1-2H3. The lowest BCUT2D eigenvalue weighted by molar-refractivity contribution is 0.102. The lowest BCUT2D eigenvalue weighted by atomic mass is 10.1. The van der Waals surface area contributed by atoms with E-state index in [-0.39, 0.29) is 18.1 Å². The molecule has 0 saturated heterocycles. The predicted octanol–water partition coefficient (Wildman–Crippen LogP) is 5.44. The first-order valence-corrected chi connectivity index (χ1v) is 11.0. The number of carbonyl (C=O) groups is 1. The first-order chi connectivity index (χ1) is 15.1. The quantitative estimate of drug-likeness (QED) is 0.276. The van der Waals surface area contributed by atoms with Gasteiger partial charge in [0.1, 0.15) is 12.4 Å². The van der Waals surface area contributed by atoms with Crippen molar-refractivity contribution in [1.82, 2.24) is 14.8 Å². The van der Waals surface area contributed by atoms with E-state index in [1.807, 2.05) is 97.3 Å². The highest BCUT2D eigenvalue weighted by molar-refractivity contribution is 7.99. The zero-order valence-electron chi connectivity index (χ0n) is 17.5. The van der Waals surface area contributed by atoms with Gasteiger partial charge >= 0.3 is 0 Å². The maximum absolute atomic E-state index is 12.6. The van der Waals surface area contributed by atoms with Gasteiger partial charge < -0.3 is 4.74 Å². The molecule has 1 heterocycles. The van der Waals surface area contributed by atoms with E-state index in [0.29, 0.717) is 16.5 Å². The third kappa shape index (κ3) is 4.86. The molecule has 0 unspecified atom stereocenters. The van der Waals surface area contributed by atoms with Crippen LogP contribution in [0.5, 0.6) is 5.75 Å². The summed E-state index contributed by atoms with van der Waals surface area (Å²) in [7, 11) is 0. The van der Waals surface area contributed by atoms with Gasteiger partial charge in [0.05, 0.1) is 5.75 Å². The monoisotopic (exact) mass is 429 g/mol. The molecule has 0 amide bonds. The minimum absolute atomic E-state index is 0.0570. The number of hydrogen-bond donors (Lipinski definition) is 0. The van der Waals surface area contributed by atoms with E-state index in [2.05, 4.69) is 10.2 Å². The second kappa shape index (κ2) is 9.62. The van der Waals surface area contributed by atoms with Gasteiger partial charge in [-0.15, -0.1) is 10.2 Å². The topological polar surface area (TPSA) is 57.0 Å². The molecule has 4 rings (SSSR count). The number of thioether (sulfide) groups is 1. The van der Waals surface area contributed by atoms with Crippen LogP contribution in [0.4, 0.5) is 0 Å². The number of ether oxygens (including phenoxy) is 1. The molecule has 31 heavy (non-hydrogen) atoms. The summed E-state index contributed by atoms with van der Waals surface area (Å²) in [5, 5.41) is 9.40. The molecule has 4 aromatic rings. The zero-order chi connectivity index (χ0) is 21.6. The van der Waals surface area contributed by atoms with Gasteiger partial charge in [0.2, 0.25) is 0 Å². The minimum Gasteiger partial charge on any atom is -0.485 e. The summed E-state index contributed by atoms with van der Waals surface area (Å²) in [4.78, 5) is 12.6. The van der Waals surface area contributed by atoms with Gasteiger partial charge in [0, 0.05) is 11.3 Å². The highest BCUT2D eigenvalue weighted by atomic mass is 32.2. The number of rotatable bonds is 8. The van der Waals surface area contributed by atoms with Crippen molar-refractivity contribution in [3.05, 3.63) is 101 Å². The lowest BCUT2D eigenvalue weighted by Crippen LogP contribution is -2.08. The van der Waals surface area contributed by atoms with Crippen molar-refractivity contribution in [2.75, 3.05) is 5.75 Å². The summed E-state index contributed by atoms with van der Waals surface area (Å²) in [6.45, 7) is 4.34. The van der Waals surface area contributed by atoms with Gasteiger partial charge in [-0.3, -0.25) is 9.36 Å². The van der Waals surface area contributed by atoms with Crippen LogP contribution >= 0.6 is 11.8 Å². The van der Waals surface area contributed by atoms with Crippen LogP contribution in [0.3, 0.4) is 0 Å². The number of carbonyl (C=O) groups excluding carboxylic acids is 1. The van der Waals surface area contributed by atoms with Crippen molar-refractivity contribution in [1.29, 1.82) is 0 Å². The highest BCUT2D eigenvalue weighted by Crippen LogP contribution is 2.26. The third-order valence-corrected chi connectivity index (χ3v) is 5.83. The molecular weight excluding hydrogens is 406 g/mol. The van der Waals surface area contributed by atoms with Crippen molar-refractivity contribution >= 4 is 17.5 Å².